The van der Waals surface area contributed by atoms with Crippen LogP contribution >= 0.6 is 0 Å². The summed E-state index contributed by atoms with van der Waals surface area (Å²) in [6.07, 6.45) is 2.72. The first-order chi connectivity index (χ1) is 10.8. The van der Waals surface area contributed by atoms with Gasteiger partial charge in [0.2, 0.25) is 5.65 Å². The number of rotatable bonds is 3. The average molecular weight is 289 g/mol. The lowest BCUT2D eigenvalue weighted by atomic mass is 10.1. The number of nitrogens with zero attached hydrogens (tertiary/aromatic N) is 4. The highest BCUT2D eigenvalue weighted by molar-refractivity contribution is 5.84. The number of aromatic nitrogens is 4. The number of hydrogen-bond acceptors (Lipinski definition) is 4. The molecule has 0 amide bonds. The van der Waals surface area contributed by atoms with Gasteiger partial charge in [-0.25, -0.2) is 4.98 Å². The molecule has 0 atom stereocenters. The molecule has 0 spiro atoms. The van der Waals surface area contributed by atoms with E-state index in [-0.39, 0.29) is 0 Å². The molecule has 0 bridgehead atoms. The maximum atomic E-state index is 4.69. The molecule has 1 N–H and O–H groups in total. The highest BCUT2D eigenvalue weighted by Gasteiger charge is 2.10. The standard InChI is InChI=1S/C17H15N5/c1-2-12-6-5-7-13(10-12)19-16-17-21-18-11-22(17)15-9-4-3-8-14(15)20-16/h3-11H,2H2,1H3,(H,19,20). The van der Waals surface area contributed by atoms with Crippen molar-refractivity contribution in [1.29, 1.82) is 0 Å². The van der Waals surface area contributed by atoms with Crippen LogP contribution in [0.4, 0.5) is 11.5 Å². The monoisotopic (exact) mass is 289 g/mol. The average Bonchev–Trinajstić information content (AvgIpc) is 3.05. The number of benzene rings is 2. The van der Waals surface area contributed by atoms with Gasteiger partial charge in [-0.15, -0.1) is 10.2 Å². The van der Waals surface area contributed by atoms with Crippen molar-refractivity contribution in [2.24, 2.45) is 0 Å². The van der Waals surface area contributed by atoms with Gasteiger partial charge in [0.1, 0.15) is 6.33 Å². The van der Waals surface area contributed by atoms with E-state index in [0.29, 0.717) is 5.82 Å². The van der Waals surface area contributed by atoms with Crippen LogP contribution in [-0.4, -0.2) is 19.6 Å². The van der Waals surface area contributed by atoms with Crippen LogP contribution in [0.1, 0.15) is 12.5 Å². The van der Waals surface area contributed by atoms with Gasteiger partial charge in [0, 0.05) is 5.69 Å². The normalized spacial score (nSPS) is 11.1. The van der Waals surface area contributed by atoms with Crippen molar-refractivity contribution in [3.8, 4) is 0 Å². The first-order valence-electron chi connectivity index (χ1n) is 7.29. The Morgan fingerprint density at radius 3 is 2.91 bits per heavy atom. The van der Waals surface area contributed by atoms with Crippen LogP contribution in [0.15, 0.2) is 54.9 Å². The lowest BCUT2D eigenvalue weighted by Gasteiger charge is -2.09. The van der Waals surface area contributed by atoms with Crippen LogP contribution in [0.25, 0.3) is 16.7 Å². The zero-order chi connectivity index (χ0) is 14.9. The van der Waals surface area contributed by atoms with E-state index in [4.69, 9.17) is 4.98 Å². The predicted molar refractivity (Wildman–Crippen MR) is 87.4 cm³/mol. The smallest absolute Gasteiger partial charge is 0.204 e. The maximum absolute atomic E-state index is 4.69. The third kappa shape index (κ3) is 2.07. The van der Waals surface area contributed by atoms with Crippen molar-refractivity contribution in [2.75, 3.05) is 5.32 Å². The number of para-hydroxylation sites is 2. The fourth-order valence-electron chi connectivity index (χ4n) is 2.60. The third-order valence-corrected chi connectivity index (χ3v) is 3.73. The second kappa shape index (κ2) is 5.11. The number of anilines is 2. The predicted octanol–water partition coefficient (Wildman–Crippen LogP) is 3.58. The molecule has 108 valence electrons. The molecule has 4 aromatic rings. The van der Waals surface area contributed by atoms with Crippen LogP contribution in [0.3, 0.4) is 0 Å². The Balaban J connectivity index is 1.87. The first-order valence-corrected chi connectivity index (χ1v) is 7.29. The molecule has 0 saturated heterocycles. The first kappa shape index (κ1) is 12.8. The van der Waals surface area contributed by atoms with E-state index in [0.717, 1.165) is 28.8 Å². The third-order valence-electron chi connectivity index (χ3n) is 3.73. The molecule has 0 aliphatic carbocycles. The minimum Gasteiger partial charge on any atom is -0.337 e. The Bertz CT molecular complexity index is 958. The lowest BCUT2D eigenvalue weighted by Crippen LogP contribution is -2.00. The van der Waals surface area contributed by atoms with E-state index in [9.17, 15) is 0 Å². The van der Waals surface area contributed by atoms with Gasteiger partial charge in [-0.2, -0.15) is 0 Å². The summed E-state index contributed by atoms with van der Waals surface area (Å²) >= 11 is 0. The van der Waals surface area contributed by atoms with Gasteiger partial charge in [-0.1, -0.05) is 31.2 Å². The number of hydrogen-bond donors (Lipinski definition) is 1. The van der Waals surface area contributed by atoms with Gasteiger partial charge in [0.25, 0.3) is 0 Å². The summed E-state index contributed by atoms with van der Waals surface area (Å²) in [5.74, 6) is 0.712. The molecule has 2 aromatic heterocycles. The van der Waals surface area contributed by atoms with Crippen molar-refractivity contribution >= 4 is 28.2 Å². The second-order valence-corrected chi connectivity index (χ2v) is 5.15. The summed E-state index contributed by atoms with van der Waals surface area (Å²) < 4.78 is 1.95. The molecular weight excluding hydrogens is 274 g/mol. The van der Waals surface area contributed by atoms with Crippen LogP contribution < -0.4 is 5.32 Å². The topological polar surface area (TPSA) is 55.1 Å². The molecule has 22 heavy (non-hydrogen) atoms. The van der Waals surface area contributed by atoms with Crippen LogP contribution in [0.5, 0.6) is 0 Å². The minimum absolute atomic E-state index is 0.712. The van der Waals surface area contributed by atoms with E-state index in [2.05, 4.69) is 34.6 Å². The fraction of sp³-hybridized carbons (Fsp3) is 0.118. The summed E-state index contributed by atoms with van der Waals surface area (Å²) in [7, 11) is 0. The number of aryl methyl sites for hydroxylation is 1. The highest BCUT2D eigenvalue weighted by Crippen LogP contribution is 2.23. The zero-order valence-corrected chi connectivity index (χ0v) is 12.2. The van der Waals surface area contributed by atoms with Gasteiger partial charge in [-0.3, -0.25) is 4.40 Å². The number of nitrogens with one attached hydrogen (secondary N) is 1. The van der Waals surface area contributed by atoms with Crippen LogP contribution in [0.2, 0.25) is 0 Å². The molecule has 0 radical (unpaired) electrons. The summed E-state index contributed by atoms with van der Waals surface area (Å²) in [6, 6.07) is 16.3. The van der Waals surface area contributed by atoms with Crippen molar-refractivity contribution in [3.05, 3.63) is 60.4 Å². The summed E-state index contributed by atoms with van der Waals surface area (Å²) in [4.78, 5) is 4.69. The molecule has 0 saturated carbocycles. The van der Waals surface area contributed by atoms with Crippen molar-refractivity contribution in [1.82, 2.24) is 19.6 Å². The SMILES string of the molecule is CCc1cccc(Nc2nc3ccccc3n3cnnc23)c1. The summed E-state index contributed by atoms with van der Waals surface area (Å²) in [5.41, 5.74) is 4.91. The lowest BCUT2D eigenvalue weighted by molar-refractivity contribution is 1.11. The Labute approximate surface area is 127 Å². The quantitative estimate of drug-likeness (QED) is 0.626. The molecule has 2 aromatic carbocycles. The van der Waals surface area contributed by atoms with E-state index >= 15 is 0 Å². The number of fused-ring (bicyclic) bond motifs is 3. The van der Waals surface area contributed by atoms with E-state index < -0.39 is 0 Å². The van der Waals surface area contributed by atoms with Gasteiger partial charge < -0.3 is 5.32 Å². The fourth-order valence-corrected chi connectivity index (χ4v) is 2.60. The summed E-state index contributed by atoms with van der Waals surface area (Å²) in [5, 5.41) is 11.6. The van der Waals surface area contributed by atoms with Gasteiger partial charge in [-0.05, 0) is 36.2 Å². The van der Waals surface area contributed by atoms with Crippen molar-refractivity contribution in [3.63, 3.8) is 0 Å². The van der Waals surface area contributed by atoms with Crippen LogP contribution in [-0.2, 0) is 6.42 Å². The molecular formula is C17H15N5. The second-order valence-electron chi connectivity index (χ2n) is 5.15. The molecule has 5 heteroatoms. The van der Waals surface area contributed by atoms with Crippen molar-refractivity contribution in [2.45, 2.75) is 13.3 Å². The Hall–Kier alpha value is -2.95. The molecule has 2 heterocycles. The van der Waals surface area contributed by atoms with E-state index in [1.165, 1.54) is 5.56 Å². The summed E-state index contributed by atoms with van der Waals surface area (Å²) in [6.45, 7) is 2.14. The highest BCUT2D eigenvalue weighted by atomic mass is 15.3. The van der Waals surface area contributed by atoms with E-state index in [1.54, 1.807) is 6.33 Å². The molecule has 0 unspecified atom stereocenters. The Morgan fingerprint density at radius 1 is 1.09 bits per heavy atom. The molecule has 5 nitrogen and oxygen atoms in total. The minimum atomic E-state index is 0.712. The molecule has 4 rings (SSSR count). The Kier molecular flexibility index (Phi) is 2.96. The molecule has 0 fully saturated rings. The van der Waals surface area contributed by atoms with Gasteiger partial charge >= 0.3 is 0 Å². The Morgan fingerprint density at radius 2 is 2.00 bits per heavy atom. The van der Waals surface area contributed by atoms with E-state index in [1.807, 2.05) is 40.8 Å². The molecule has 0 aliphatic rings. The molecule has 0 aliphatic heterocycles. The largest absolute Gasteiger partial charge is 0.337 e. The van der Waals surface area contributed by atoms with Gasteiger partial charge in [0.05, 0.1) is 11.0 Å². The zero-order valence-electron chi connectivity index (χ0n) is 12.2. The maximum Gasteiger partial charge on any atom is 0.204 e. The van der Waals surface area contributed by atoms with Gasteiger partial charge in [0.15, 0.2) is 5.82 Å². The van der Waals surface area contributed by atoms with Crippen molar-refractivity contribution < 1.29 is 0 Å². The van der Waals surface area contributed by atoms with Crippen LogP contribution in [0, 0.1) is 0 Å².